The molecule has 0 saturated heterocycles. The molecular formula is C20H19NO3. The number of aromatic nitrogens is 1. The second-order valence-electron chi connectivity index (χ2n) is 5.81. The zero-order chi connectivity index (χ0) is 16.9. The van der Waals surface area contributed by atoms with Gasteiger partial charge in [-0.2, -0.15) is 0 Å². The third-order valence-electron chi connectivity index (χ3n) is 4.01. The van der Waals surface area contributed by atoms with Crippen LogP contribution < -0.4 is 0 Å². The van der Waals surface area contributed by atoms with Gasteiger partial charge in [0.05, 0.1) is 0 Å². The van der Waals surface area contributed by atoms with Gasteiger partial charge in [0.25, 0.3) is 0 Å². The van der Waals surface area contributed by atoms with Crippen molar-refractivity contribution in [2.75, 3.05) is 6.61 Å². The molecule has 0 fully saturated rings. The molecule has 1 N–H and O–H groups in total. The van der Waals surface area contributed by atoms with E-state index in [1.807, 2.05) is 49.5 Å². The third kappa shape index (κ3) is 3.71. The number of hydrogen-bond acceptors (Lipinski definition) is 3. The first-order chi connectivity index (χ1) is 11.6. The smallest absolute Gasteiger partial charge is 0.306 e. The zero-order valence-electron chi connectivity index (χ0n) is 13.5. The Balaban J connectivity index is 1.51. The van der Waals surface area contributed by atoms with Gasteiger partial charge >= 0.3 is 5.97 Å². The number of ketones is 1. The van der Waals surface area contributed by atoms with Crippen molar-refractivity contribution in [2.45, 2.75) is 19.8 Å². The van der Waals surface area contributed by atoms with Crippen LogP contribution in [0.4, 0.5) is 0 Å². The number of fused-ring (bicyclic) bond motifs is 1. The fourth-order valence-corrected chi connectivity index (χ4v) is 2.62. The van der Waals surface area contributed by atoms with Crippen LogP contribution in [0.1, 0.15) is 27.9 Å². The molecule has 0 saturated carbocycles. The highest BCUT2D eigenvalue weighted by atomic mass is 16.5. The van der Waals surface area contributed by atoms with Gasteiger partial charge in [0.15, 0.2) is 12.4 Å². The van der Waals surface area contributed by atoms with E-state index in [1.54, 1.807) is 12.1 Å². The van der Waals surface area contributed by atoms with Gasteiger partial charge in [-0.1, -0.05) is 48.0 Å². The van der Waals surface area contributed by atoms with Crippen LogP contribution in [0.25, 0.3) is 10.9 Å². The number of carbonyl (C=O) groups is 2. The monoisotopic (exact) mass is 321 g/mol. The summed E-state index contributed by atoms with van der Waals surface area (Å²) in [4.78, 5) is 27.0. The SMILES string of the molecule is Cc1ccc(C(=O)COC(=O)CCc2c[nH]c3ccccc23)cc1. The van der Waals surface area contributed by atoms with Crippen molar-refractivity contribution in [2.24, 2.45) is 0 Å². The van der Waals surface area contributed by atoms with Crippen molar-refractivity contribution in [3.8, 4) is 0 Å². The lowest BCUT2D eigenvalue weighted by atomic mass is 10.1. The fraction of sp³-hybridized carbons (Fsp3) is 0.200. The number of hydrogen-bond donors (Lipinski definition) is 1. The number of H-pyrrole nitrogens is 1. The van der Waals surface area contributed by atoms with E-state index >= 15 is 0 Å². The van der Waals surface area contributed by atoms with Crippen LogP contribution in [-0.4, -0.2) is 23.3 Å². The van der Waals surface area contributed by atoms with Crippen molar-refractivity contribution >= 4 is 22.7 Å². The first-order valence-electron chi connectivity index (χ1n) is 7.94. The molecule has 3 rings (SSSR count). The van der Waals surface area contributed by atoms with E-state index < -0.39 is 0 Å². The Morgan fingerprint density at radius 2 is 1.79 bits per heavy atom. The quantitative estimate of drug-likeness (QED) is 0.554. The second-order valence-corrected chi connectivity index (χ2v) is 5.81. The minimum Gasteiger partial charge on any atom is -0.457 e. The van der Waals surface area contributed by atoms with Crippen LogP contribution >= 0.6 is 0 Å². The van der Waals surface area contributed by atoms with Crippen LogP contribution in [0.15, 0.2) is 54.7 Å². The lowest BCUT2D eigenvalue weighted by Gasteiger charge is -2.05. The number of benzene rings is 2. The maximum absolute atomic E-state index is 12.0. The summed E-state index contributed by atoms with van der Waals surface area (Å²) in [6.45, 7) is 1.74. The molecule has 122 valence electrons. The Hall–Kier alpha value is -2.88. The van der Waals surface area contributed by atoms with Crippen LogP contribution in [-0.2, 0) is 16.0 Å². The van der Waals surface area contributed by atoms with E-state index in [1.165, 1.54) is 0 Å². The highest BCUT2D eigenvalue weighted by molar-refractivity contribution is 5.98. The fourth-order valence-electron chi connectivity index (χ4n) is 2.62. The molecule has 4 heteroatoms. The van der Waals surface area contributed by atoms with Gasteiger partial charge in [0.1, 0.15) is 0 Å². The van der Waals surface area contributed by atoms with Crippen molar-refractivity contribution in [3.05, 3.63) is 71.4 Å². The van der Waals surface area contributed by atoms with Crippen LogP contribution in [0.2, 0.25) is 0 Å². The van der Waals surface area contributed by atoms with Gasteiger partial charge in [0, 0.05) is 29.1 Å². The maximum Gasteiger partial charge on any atom is 0.306 e. The first kappa shape index (κ1) is 16.0. The van der Waals surface area contributed by atoms with Crippen LogP contribution in [0.3, 0.4) is 0 Å². The van der Waals surface area contributed by atoms with Crippen LogP contribution in [0.5, 0.6) is 0 Å². The molecule has 24 heavy (non-hydrogen) atoms. The predicted molar refractivity (Wildman–Crippen MR) is 93.1 cm³/mol. The topological polar surface area (TPSA) is 59.2 Å². The number of para-hydroxylation sites is 1. The molecule has 0 bridgehead atoms. The Morgan fingerprint density at radius 1 is 1.04 bits per heavy atom. The number of esters is 1. The molecular weight excluding hydrogens is 302 g/mol. The third-order valence-corrected chi connectivity index (χ3v) is 4.01. The lowest BCUT2D eigenvalue weighted by molar-refractivity contribution is -0.142. The molecule has 0 spiro atoms. The van der Waals surface area contributed by atoms with Gasteiger partial charge < -0.3 is 9.72 Å². The second kappa shape index (κ2) is 7.13. The number of aromatic amines is 1. The van der Waals surface area contributed by atoms with E-state index in [-0.39, 0.29) is 24.8 Å². The molecule has 1 aromatic heterocycles. The number of nitrogens with one attached hydrogen (secondary N) is 1. The van der Waals surface area contributed by atoms with Gasteiger partial charge in [-0.15, -0.1) is 0 Å². The molecule has 0 radical (unpaired) electrons. The number of ether oxygens (including phenoxy) is 1. The summed E-state index contributed by atoms with van der Waals surface area (Å²) in [6, 6.07) is 15.2. The van der Waals surface area contributed by atoms with E-state index in [0.29, 0.717) is 12.0 Å². The molecule has 0 amide bonds. The van der Waals surface area contributed by atoms with Crippen molar-refractivity contribution in [3.63, 3.8) is 0 Å². The number of Topliss-reactive ketones (excluding diaryl/α,β-unsaturated/α-hetero) is 1. The van der Waals surface area contributed by atoms with E-state index in [0.717, 1.165) is 22.0 Å². The number of aryl methyl sites for hydroxylation is 2. The predicted octanol–water partition coefficient (Wildman–Crippen LogP) is 3.84. The van der Waals surface area contributed by atoms with Gasteiger partial charge in [0.2, 0.25) is 0 Å². The highest BCUT2D eigenvalue weighted by Gasteiger charge is 2.11. The number of rotatable bonds is 6. The van der Waals surface area contributed by atoms with Gasteiger partial charge in [-0.25, -0.2) is 0 Å². The normalized spacial score (nSPS) is 10.7. The van der Waals surface area contributed by atoms with E-state index in [9.17, 15) is 9.59 Å². The summed E-state index contributed by atoms with van der Waals surface area (Å²) >= 11 is 0. The average Bonchev–Trinajstić information content (AvgIpc) is 3.01. The Kier molecular flexibility index (Phi) is 4.75. The molecule has 2 aromatic carbocycles. The van der Waals surface area contributed by atoms with Gasteiger partial charge in [-0.05, 0) is 25.0 Å². The van der Waals surface area contributed by atoms with Crippen molar-refractivity contribution in [1.29, 1.82) is 0 Å². The molecule has 0 unspecified atom stereocenters. The molecule has 3 aromatic rings. The summed E-state index contributed by atoms with van der Waals surface area (Å²) < 4.78 is 5.10. The average molecular weight is 321 g/mol. The van der Waals surface area contributed by atoms with E-state index in [2.05, 4.69) is 4.98 Å². The summed E-state index contributed by atoms with van der Waals surface area (Å²) in [5.74, 6) is -0.545. The molecule has 1 heterocycles. The molecule has 0 aliphatic rings. The van der Waals surface area contributed by atoms with Crippen LogP contribution in [0, 0.1) is 6.92 Å². The summed E-state index contributed by atoms with van der Waals surface area (Å²) in [5.41, 5.74) is 3.77. The minimum absolute atomic E-state index is 0.185. The molecule has 0 aliphatic carbocycles. The lowest BCUT2D eigenvalue weighted by Crippen LogP contribution is -2.14. The van der Waals surface area contributed by atoms with Crippen molar-refractivity contribution < 1.29 is 14.3 Å². The Bertz CT molecular complexity index is 862. The maximum atomic E-state index is 12.0. The standard InChI is InChI=1S/C20H19NO3/c1-14-6-8-15(9-7-14)19(22)13-24-20(23)11-10-16-12-21-18-5-3-2-4-17(16)18/h2-9,12,21H,10-11,13H2,1H3. The molecule has 0 aliphatic heterocycles. The molecule has 0 atom stereocenters. The highest BCUT2D eigenvalue weighted by Crippen LogP contribution is 2.19. The summed E-state index contributed by atoms with van der Waals surface area (Å²) in [6.07, 6.45) is 2.75. The Morgan fingerprint density at radius 3 is 2.58 bits per heavy atom. The van der Waals surface area contributed by atoms with Crippen molar-refractivity contribution in [1.82, 2.24) is 4.98 Å². The molecule has 4 nitrogen and oxygen atoms in total. The van der Waals surface area contributed by atoms with Gasteiger partial charge in [-0.3, -0.25) is 9.59 Å². The summed E-state index contributed by atoms with van der Waals surface area (Å²) in [5, 5.41) is 1.11. The minimum atomic E-state index is -0.360. The Labute approximate surface area is 140 Å². The largest absolute Gasteiger partial charge is 0.457 e. The zero-order valence-corrected chi connectivity index (χ0v) is 13.5. The number of carbonyl (C=O) groups excluding carboxylic acids is 2. The first-order valence-corrected chi connectivity index (χ1v) is 7.94. The summed E-state index contributed by atoms with van der Waals surface area (Å²) in [7, 11) is 0. The van der Waals surface area contributed by atoms with E-state index in [4.69, 9.17) is 4.74 Å².